The van der Waals surface area contributed by atoms with E-state index in [0.29, 0.717) is 12.3 Å². The van der Waals surface area contributed by atoms with Gasteiger partial charge in [0.15, 0.2) is 15.9 Å². The number of benzene rings is 1. The lowest BCUT2D eigenvalue weighted by Crippen LogP contribution is -2.36. The quantitative estimate of drug-likeness (QED) is 0.795. The van der Waals surface area contributed by atoms with Crippen LogP contribution in [0.15, 0.2) is 41.8 Å². The van der Waals surface area contributed by atoms with E-state index in [0.717, 1.165) is 6.26 Å². The lowest BCUT2D eigenvalue weighted by molar-refractivity contribution is -0.127. The summed E-state index contributed by atoms with van der Waals surface area (Å²) in [6, 6.07) is 5.93. The Balaban J connectivity index is 2.68. The van der Waals surface area contributed by atoms with Crippen molar-refractivity contribution in [3.05, 3.63) is 36.9 Å². The molecule has 0 heterocycles. The minimum atomic E-state index is -3.22. The number of ether oxygens (including phenoxy) is 1. The van der Waals surface area contributed by atoms with Gasteiger partial charge in [0.25, 0.3) is 5.91 Å². The van der Waals surface area contributed by atoms with Gasteiger partial charge in [-0.3, -0.25) is 4.79 Å². The van der Waals surface area contributed by atoms with Crippen molar-refractivity contribution in [2.24, 2.45) is 0 Å². The van der Waals surface area contributed by atoms with Crippen molar-refractivity contribution in [2.45, 2.75) is 17.9 Å². The third-order valence-electron chi connectivity index (χ3n) is 2.35. The van der Waals surface area contributed by atoms with Gasteiger partial charge in [-0.2, -0.15) is 0 Å². The molecule has 6 heteroatoms. The molecular weight excluding hydrogens is 266 g/mol. The summed E-state index contributed by atoms with van der Waals surface area (Å²) >= 11 is 0. The lowest BCUT2D eigenvalue weighted by Gasteiger charge is -2.14. The van der Waals surface area contributed by atoms with Crippen LogP contribution in [0, 0.1) is 0 Å². The summed E-state index contributed by atoms with van der Waals surface area (Å²) in [7, 11) is -3.22. The number of carbonyl (C=O) groups is 1. The third kappa shape index (κ3) is 4.75. The Kier molecular flexibility index (Phi) is 5.11. The number of nitrogens with one attached hydrogen (secondary N) is 1. The molecule has 0 aliphatic rings. The largest absolute Gasteiger partial charge is 0.481 e. The highest BCUT2D eigenvalue weighted by Crippen LogP contribution is 2.16. The van der Waals surface area contributed by atoms with Gasteiger partial charge in [-0.1, -0.05) is 6.08 Å². The van der Waals surface area contributed by atoms with Crippen LogP contribution in [0.3, 0.4) is 0 Å². The zero-order chi connectivity index (χ0) is 14.5. The van der Waals surface area contributed by atoms with Crippen LogP contribution in [0.25, 0.3) is 0 Å². The summed E-state index contributed by atoms with van der Waals surface area (Å²) in [5.41, 5.74) is 0. The minimum absolute atomic E-state index is 0.212. The fraction of sp³-hybridized carbons (Fsp3) is 0.308. The molecule has 0 aliphatic carbocycles. The second-order valence-corrected chi connectivity index (χ2v) is 6.05. The van der Waals surface area contributed by atoms with Crippen LogP contribution in [0.5, 0.6) is 5.75 Å². The monoisotopic (exact) mass is 283 g/mol. The fourth-order valence-corrected chi connectivity index (χ4v) is 1.97. The molecule has 0 fully saturated rings. The van der Waals surface area contributed by atoms with Crippen LogP contribution < -0.4 is 10.1 Å². The predicted octanol–water partition coefficient (Wildman–Crippen LogP) is 1.16. The standard InChI is InChI=1S/C13H17NO4S/c1-4-9-14-13(15)10(2)18-11-5-7-12(8-6-11)19(3,16)17/h4-8,10H,1,9H2,2-3H3,(H,14,15). The molecule has 19 heavy (non-hydrogen) atoms. The van der Waals surface area contributed by atoms with Gasteiger partial charge in [-0.15, -0.1) is 6.58 Å². The molecule has 1 unspecified atom stereocenters. The first-order valence-corrected chi connectivity index (χ1v) is 7.59. The average molecular weight is 283 g/mol. The van der Waals surface area contributed by atoms with E-state index in [1.807, 2.05) is 0 Å². The topological polar surface area (TPSA) is 72.5 Å². The first-order chi connectivity index (χ1) is 8.84. The summed E-state index contributed by atoms with van der Waals surface area (Å²) in [4.78, 5) is 11.8. The van der Waals surface area contributed by atoms with Crippen molar-refractivity contribution in [1.29, 1.82) is 0 Å². The lowest BCUT2D eigenvalue weighted by atomic mass is 10.3. The maximum absolute atomic E-state index is 11.6. The van der Waals surface area contributed by atoms with Gasteiger partial charge in [-0.25, -0.2) is 8.42 Å². The van der Waals surface area contributed by atoms with Gasteiger partial charge < -0.3 is 10.1 Å². The van der Waals surface area contributed by atoms with E-state index in [2.05, 4.69) is 11.9 Å². The molecule has 0 saturated carbocycles. The molecule has 1 amide bonds. The van der Waals surface area contributed by atoms with Crippen molar-refractivity contribution in [3.63, 3.8) is 0 Å². The summed E-state index contributed by atoms with van der Waals surface area (Å²) < 4.78 is 28.0. The smallest absolute Gasteiger partial charge is 0.261 e. The molecule has 0 bridgehead atoms. The SMILES string of the molecule is C=CCNC(=O)C(C)Oc1ccc(S(C)(=O)=O)cc1. The van der Waals surface area contributed by atoms with Gasteiger partial charge in [0.1, 0.15) is 5.75 Å². The number of hydrogen-bond acceptors (Lipinski definition) is 4. The molecule has 5 nitrogen and oxygen atoms in total. The molecular formula is C13H17NO4S. The Bertz CT molecular complexity index is 549. The summed E-state index contributed by atoms with van der Waals surface area (Å²) in [5.74, 6) is 0.181. The minimum Gasteiger partial charge on any atom is -0.481 e. The Hall–Kier alpha value is -1.82. The van der Waals surface area contributed by atoms with Crippen molar-refractivity contribution in [1.82, 2.24) is 5.32 Å². The zero-order valence-corrected chi connectivity index (χ0v) is 11.7. The number of hydrogen-bond donors (Lipinski definition) is 1. The summed E-state index contributed by atoms with van der Waals surface area (Å²) in [5, 5.41) is 2.61. The van der Waals surface area contributed by atoms with Crippen LogP contribution in [0.4, 0.5) is 0 Å². The van der Waals surface area contributed by atoms with Crippen molar-refractivity contribution in [2.75, 3.05) is 12.8 Å². The van der Waals surface area contributed by atoms with Crippen molar-refractivity contribution < 1.29 is 17.9 Å². The number of amides is 1. The highest BCUT2D eigenvalue weighted by Gasteiger charge is 2.14. The molecule has 104 valence electrons. The van der Waals surface area contributed by atoms with E-state index in [1.54, 1.807) is 13.0 Å². The number of carbonyl (C=O) groups excluding carboxylic acids is 1. The molecule has 1 aromatic rings. The zero-order valence-electron chi connectivity index (χ0n) is 10.9. The maximum Gasteiger partial charge on any atom is 0.261 e. The molecule has 1 N–H and O–H groups in total. The van der Waals surface area contributed by atoms with Crippen LogP contribution in [0.2, 0.25) is 0 Å². The molecule has 0 aliphatic heterocycles. The Morgan fingerprint density at radius 1 is 1.42 bits per heavy atom. The summed E-state index contributed by atoms with van der Waals surface area (Å²) in [6.45, 7) is 5.48. The van der Waals surface area contributed by atoms with E-state index in [1.165, 1.54) is 24.3 Å². The molecule has 1 atom stereocenters. The maximum atomic E-state index is 11.6. The van der Waals surface area contributed by atoms with E-state index in [9.17, 15) is 13.2 Å². The number of sulfone groups is 1. The molecule has 0 spiro atoms. The van der Waals surface area contributed by atoms with E-state index >= 15 is 0 Å². The Labute approximate surface area is 113 Å². The van der Waals surface area contributed by atoms with Gasteiger partial charge in [0.05, 0.1) is 4.90 Å². The Morgan fingerprint density at radius 3 is 2.47 bits per heavy atom. The first-order valence-electron chi connectivity index (χ1n) is 5.70. The second-order valence-electron chi connectivity index (χ2n) is 4.04. The van der Waals surface area contributed by atoms with Crippen molar-refractivity contribution in [3.8, 4) is 5.75 Å². The van der Waals surface area contributed by atoms with E-state index in [-0.39, 0.29) is 10.8 Å². The summed E-state index contributed by atoms with van der Waals surface area (Å²) in [6.07, 6.45) is 2.05. The van der Waals surface area contributed by atoms with Gasteiger partial charge in [0.2, 0.25) is 0 Å². The second kappa shape index (κ2) is 6.38. The highest BCUT2D eigenvalue weighted by molar-refractivity contribution is 7.90. The van der Waals surface area contributed by atoms with Crippen molar-refractivity contribution >= 4 is 15.7 Å². The third-order valence-corrected chi connectivity index (χ3v) is 3.48. The molecule has 1 aromatic carbocycles. The fourth-order valence-electron chi connectivity index (χ4n) is 1.34. The normalized spacial score (nSPS) is 12.5. The molecule has 1 rings (SSSR count). The predicted molar refractivity (Wildman–Crippen MR) is 72.8 cm³/mol. The van der Waals surface area contributed by atoms with Gasteiger partial charge >= 0.3 is 0 Å². The first kappa shape index (κ1) is 15.2. The average Bonchev–Trinajstić information content (AvgIpc) is 2.35. The van der Waals surface area contributed by atoms with Gasteiger partial charge in [0, 0.05) is 12.8 Å². The molecule has 0 radical (unpaired) electrons. The number of rotatable bonds is 6. The molecule has 0 aromatic heterocycles. The van der Waals surface area contributed by atoms with Crippen LogP contribution in [0.1, 0.15) is 6.92 Å². The van der Waals surface area contributed by atoms with Gasteiger partial charge in [-0.05, 0) is 31.2 Å². The highest BCUT2D eigenvalue weighted by atomic mass is 32.2. The van der Waals surface area contributed by atoms with E-state index in [4.69, 9.17) is 4.74 Å². The Morgan fingerprint density at radius 2 is 2.00 bits per heavy atom. The molecule has 0 saturated heterocycles. The van der Waals surface area contributed by atoms with E-state index < -0.39 is 15.9 Å². The van der Waals surface area contributed by atoms with Crippen LogP contribution in [-0.4, -0.2) is 33.2 Å². The van der Waals surface area contributed by atoms with Crippen LogP contribution >= 0.6 is 0 Å². The van der Waals surface area contributed by atoms with Crippen LogP contribution in [-0.2, 0) is 14.6 Å².